The highest BCUT2D eigenvalue weighted by Gasteiger charge is 2.30. The average Bonchev–Trinajstić information content (AvgIpc) is 2.97. The number of carbonyl (C=O) groups is 1. The summed E-state index contributed by atoms with van der Waals surface area (Å²) < 4.78 is 5.58. The smallest absolute Gasteiger partial charge is 0.222 e. The fraction of sp³-hybridized carbons (Fsp3) is 0.933. The fourth-order valence-corrected chi connectivity index (χ4v) is 3.49. The van der Waals surface area contributed by atoms with Crippen LogP contribution in [0, 0.1) is 5.92 Å². The SMILES string of the molecule is CN(C(=O)CCC1CCCO1)C1CCCCC1CN. The maximum Gasteiger partial charge on any atom is 0.222 e. The molecular formula is C15H28N2O2. The quantitative estimate of drug-likeness (QED) is 0.829. The molecule has 2 aliphatic rings. The molecule has 1 amide bonds. The lowest BCUT2D eigenvalue weighted by atomic mass is 9.83. The summed E-state index contributed by atoms with van der Waals surface area (Å²) in [7, 11) is 1.95. The summed E-state index contributed by atoms with van der Waals surface area (Å²) in [6.45, 7) is 1.57. The van der Waals surface area contributed by atoms with Gasteiger partial charge in [0.15, 0.2) is 0 Å². The highest BCUT2D eigenvalue weighted by atomic mass is 16.5. The van der Waals surface area contributed by atoms with Gasteiger partial charge < -0.3 is 15.4 Å². The van der Waals surface area contributed by atoms with Crippen LogP contribution >= 0.6 is 0 Å². The van der Waals surface area contributed by atoms with Crippen molar-refractivity contribution >= 4 is 5.91 Å². The van der Waals surface area contributed by atoms with Gasteiger partial charge in [0, 0.05) is 26.1 Å². The van der Waals surface area contributed by atoms with Crippen molar-refractivity contribution in [2.24, 2.45) is 11.7 Å². The summed E-state index contributed by atoms with van der Waals surface area (Å²) >= 11 is 0. The molecule has 4 heteroatoms. The first-order valence-electron chi connectivity index (χ1n) is 7.79. The molecule has 2 N–H and O–H groups in total. The maximum absolute atomic E-state index is 12.3. The van der Waals surface area contributed by atoms with Gasteiger partial charge in [-0.2, -0.15) is 0 Å². The topological polar surface area (TPSA) is 55.6 Å². The molecule has 1 aliphatic carbocycles. The largest absolute Gasteiger partial charge is 0.378 e. The number of rotatable bonds is 5. The van der Waals surface area contributed by atoms with Gasteiger partial charge in [0.1, 0.15) is 0 Å². The summed E-state index contributed by atoms with van der Waals surface area (Å²) in [4.78, 5) is 14.3. The van der Waals surface area contributed by atoms with Crippen LogP contribution in [0.2, 0.25) is 0 Å². The molecule has 3 unspecified atom stereocenters. The van der Waals surface area contributed by atoms with Crippen LogP contribution in [0.15, 0.2) is 0 Å². The Labute approximate surface area is 116 Å². The molecule has 0 spiro atoms. The minimum absolute atomic E-state index is 0.265. The molecule has 4 nitrogen and oxygen atoms in total. The Morgan fingerprint density at radius 3 is 2.74 bits per heavy atom. The molecule has 0 bridgehead atoms. The standard InChI is InChI=1S/C15H28N2O2/c1-17(14-7-3-2-5-12(14)11-16)15(18)9-8-13-6-4-10-19-13/h12-14H,2-11,16H2,1H3. The predicted molar refractivity (Wildman–Crippen MR) is 75.8 cm³/mol. The van der Waals surface area contributed by atoms with Gasteiger partial charge in [-0.25, -0.2) is 0 Å². The molecule has 1 aliphatic heterocycles. The monoisotopic (exact) mass is 268 g/mol. The van der Waals surface area contributed by atoms with Crippen molar-refractivity contribution in [2.45, 2.75) is 63.5 Å². The van der Waals surface area contributed by atoms with Crippen LogP contribution in [-0.4, -0.2) is 43.2 Å². The van der Waals surface area contributed by atoms with E-state index >= 15 is 0 Å². The third-order valence-electron chi connectivity index (χ3n) is 4.77. The lowest BCUT2D eigenvalue weighted by molar-refractivity contribution is -0.134. The van der Waals surface area contributed by atoms with Crippen molar-refractivity contribution in [1.82, 2.24) is 4.90 Å². The molecule has 1 saturated carbocycles. The fourth-order valence-electron chi connectivity index (χ4n) is 3.49. The second-order valence-electron chi connectivity index (χ2n) is 6.03. The van der Waals surface area contributed by atoms with E-state index in [1.807, 2.05) is 11.9 Å². The Balaban J connectivity index is 1.79. The summed E-state index contributed by atoms with van der Waals surface area (Å²) in [5, 5.41) is 0. The maximum atomic E-state index is 12.3. The molecule has 0 aromatic carbocycles. The number of hydrogen-bond donors (Lipinski definition) is 1. The Morgan fingerprint density at radius 1 is 1.26 bits per heavy atom. The van der Waals surface area contributed by atoms with E-state index in [0.29, 0.717) is 31.0 Å². The average molecular weight is 268 g/mol. The zero-order chi connectivity index (χ0) is 13.7. The summed E-state index contributed by atoms with van der Waals surface area (Å²) in [6.07, 6.45) is 8.85. The van der Waals surface area contributed by atoms with E-state index in [9.17, 15) is 4.79 Å². The lowest BCUT2D eigenvalue weighted by Gasteiger charge is -2.37. The zero-order valence-electron chi connectivity index (χ0n) is 12.1. The molecule has 19 heavy (non-hydrogen) atoms. The van der Waals surface area contributed by atoms with Gasteiger partial charge in [0.2, 0.25) is 5.91 Å². The second-order valence-corrected chi connectivity index (χ2v) is 6.03. The molecule has 3 atom stereocenters. The van der Waals surface area contributed by atoms with Gasteiger partial charge >= 0.3 is 0 Å². The predicted octanol–water partition coefficient (Wildman–Crippen LogP) is 1.92. The highest BCUT2D eigenvalue weighted by molar-refractivity contribution is 5.76. The minimum atomic E-state index is 0.265. The Bertz CT molecular complexity index is 290. The number of nitrogens with zero attached hydrogens (tertiary/aromatic N) is 1. The Morgan fingerprint density at radius 2 is 2.05 bits per heavy atom. The normalized spacial score (nSPS) is 31.4. The first-order chi connectivity index (χ1) is 9.22. The van der Waals surface area contributed by atoms with E-state index in [4.69, 9.17) is 10.5 Å². The van der Waals surface area contributed by atoms with Crippen LogP contribution in [0.5, 0.6) is 0 Å². The molecule has 2 fully saturated rings. The van der Waals surface area contributed by atoms with Crippen molar-refractivity contribution in [1.29, 1.82) is 0 Å². The van der Waals surface area contributed by atoms with Gasteiger partial charge in [-0.1, -0.05) is 12.8 Å². The molecule has 110 valence electrons. The van der Waals surface area contributed by atoms with Crippen molar-refractivity contribution in [3.05, 3.63) is 0 Å². The molecule has 0 aromatic heterocycles. The molecule has 2 rings (SSSR count). The van der Waals surface area contributed by atoms with Crippen LogP contribution in [0.25, 0.3) is 0 Å². The van der Waals surface area contributed by atoms with Crippen LogP contribution < -0.4 is 5.73 Å². The molecule has 0 aromatic rings. The van der Waals surface area contributed by atoms with Crippen molar-refractivity contribution in [3.8, 4) is 0 Å². The van der Waals surface area contributed by atoms with E-state index < -0.39 is 0 Å². The van der Waals surface area contributed by atoms with Crippen LogP contribution in [0.4, 0.5) is 0 Å². The number of amides is 1. The molecule has 0 radical (unpaired) electrons. The minimum Gasteiger partial charge on any atom is -0.378 e. The Hall–Kier alpha value is -0.610. The van der Waals surface area contributed by atoms with Crippen LogP contribution in [0.1, 0.15) is 51.4 Å². The van der Waals surface area contributed by atoms with Crippen LogP contribution in [-0.2, 0) is 9.53 Å². The second kappa shape index (κ2) is 7.25. The van der Waals surface area contributed by atoms with E-state index in [1.54, 1.807) is 0 Å². The van der Waals surface area contributed by atoms with E-state index in [-0.39, 0.29) is 5.91 Å². The lowest BCUT2D eigenvalue weighted by Crippen LogP contribution is -2.46. The first-order valence-corrected chi connectivity index (χ1v) is 7.79. The Kier molecular flexibility index (Phi) is 5.64. The zero-order valence-corrected chi connectivity index (χ0v) is 12.1. The van der Waals surface area contributed by atoms with Gasteiger partial charge in [-0.3, -0.25) is 4.79 Å². The summed E-state index contributed by atoms with van der Waals surface area (Å²) in [5.74, 6) is 0.756. The molecular weight excluding hydrogens is 240 g/mol. The third-order valence-corrected chi connectivity index (χ3v) is 4.77. The number of carbonyl (C=O) groups excluding carboxylic acids is 1. The highest BCUT2D eigenvalue weighted by Crippen LogP contribution is 2.28. The van der Waals surface area contributed by atoms with Gasteiger partial charge in [0.05, 0.1) is 6.10 Å². The third kappa shape index (κ3) is 3.93. The van der Waals surface area contributed by atoms with E-state index in [0.717, 1.165) is 32.3 Å². The number of nitrogens with two attached hydrogens (primary N) is 1. The summed E-state index contributed by atoms with van der Waals surface area (Å²) in [5.41, 5.74) is 5.85. The first kappa shape index (κ1) is 14.8. The van der Waals surface area contributed by atoms with Crippen LogP contribution in [0.3, 0.4) is 0 Å². The van der Waals surface area contributed by atoms with Crippen molar-refractivity contribution in [2.75, 3.05) is 20.2 Å². The number of ether oxygens (including phenoxy) is 1. The molecule has 1 saturated heterocycles. The molecule has 1 heterocycles. The van der Waals surface area contributed by atoms with E-state index in [1.165, 1.54) is 19.3 Å². The van der Waals surface area contributed by atoms with E-state index in [2.05, 4.69) is 0 Å². The van der Waals surface area contributed by atoms with Crippen molar-refractivity contribution in [3.63, 3.8) is 0 Å². The number of hydrogen-bond acceptors (Lipinski definition) is 3. The van der Waals surface area contributed by atoms with Crippen molar-refractivity contribution < 1.29 is 9.53 Å². The summed E-state index contributed by atoms with van der Waals surface area (Å²) in [6, 6.07) is 0.357. The van der Waals surface area contributed by atoms with Gasteiger partial charge in [-0.05, 0) is 44.6 Å². The van der Waals surface area contributed by atoms with Gasteiger partial charge in [0.25, 0.3) is 0 Å². The van der Waals surface area contributed by atoms with Gasteiger partial charge in [-0.15, -0.1) is 0 Å².